The van der Waals surface area contributed by atoms with Gasteiger partial charge in [0.1, 0.15) is 23.0 Å². The van der Waals surface area contributed by atoms with Crippen molar-refractivity contribution in [2.24, 2.45) is 5.92 Å². The zero-order chi connectivity index (χ0) is 30.0. The van der Waals surface area contributed by atoms with Gasteiger partial charge in [-0.3, -0.25) is 19.3 Å². The van der Waals surface area contributed by atoms with E-state index in [4.69, 9.17) is 0 Å². The van der Waals surface area contributed by atoms with Crippen molar-refractivity contribution in [3.05, 3.63) is 89.5 Å². The molecule has 4 aromatic rings. The van der Waals surface area contributed by atoms with Crippen molar-refractivity contribution in [3.8, 4) is 0 Å². The van der Waals surface area contributed by atoms with E-state index in [2.05, 4.69) is 15.3 Å². The molecule has 12 heteroatoms. The molecule has 42 heavy (non-hydrogen) atoms. The van der Waals surface area contributed by atoms with Crippen LogP contribution in [-0.2, 0) is 4.79 Å². The van der Waals surface area contributed by atoms with Crippen LogP contribution in [0.25, 0.3) is 5.65 Å². The zero-order valence-electron chi connectivity index (χ0n) is 22.6. The van der Waals surface area contributed by atoms with Crippen LogP contribution in [0.1, 0.15) is 70.2 Å². The van der Waals surface area contributed by atoms with Crippen LogP contribution >= 0.6 is 0 Å². The number of ketones is 1. The minimum Gasteiger partial charge on any atom is -0.478 e. The second-order valence-corrected chi connectivity index (χ2v) is 10.3. The van der Waals surface area contributed by atoms with Gasteiger partial charge in [0.25, 0.3) is 5.91 Å². The highest BCUT2D eigenvalue weighted by atomic mass is 19.1. The fraction of sp³-hybridized carbons (Fsp3) is 0.267. The summed E-state index contributed by atoms with van der Waals surface area (Å²) in [5.41, 5.74) is 0.667. The van der Waals surface area contributed by atoms with Crippen LogP contribution in [-0.4, -0.2) is 49.1 Å². The van der Waals surface area contributed by atoms with Crippen LogP contribution in [0.5, 0.6) is 0 Å². The molecule has 1 saturated carbocycles. The zero-order valence-corrected chi connectivity index (χ0v) is 22.6. The second-order valence-electron chi connectivity index (χ2n) is 10.3. The van der Waals surface area contributed by atoms with Gasteiger partial charge >= 0.3 is 5.97 Å². The fourth-order valence-corrected chi connectivity index (χ4v) is 5.26. The lowest BCUT2D eigenvalue weighted by molar-refractivity contribution is -0.115. The maximum atomic E-state index is 14.3. The van der Waals surface area contributed by atoms with E-state index in [0.29, 0.717) is 31.3 Å². The standard InChI is InChI=1S/C30H27F2N5O5/c1-17(38)37(23-4-2-3-19(12-23)30(41)42)28-24(13-21(32)14-33-28)26(39)11-18-5-8-22(9-6-18)34-29(40)25-16-36-15-20(31)7-10-27(36)35-25/h2-4,7,10,12-16,18,22H,5-6,8-9,11H2,1H3,(H,34,40)(H,41,42). The van der Waals surface area contributed by atoms with Gasteiger partial charge in [-0.15, -0.1) is 0 Å². The largest absolute Gasteiger partial charge is 0.478 e. The summed E-state index contributed by atoms with van der Waals surface area (Å²) in [6.45, 7) is 1.24. The molecule has 0 saturated heterocycles. The molecule has 3 aromatic heterocycles. The first-order valence-corrected chi connectivity index (χ1v) is 13.4. The number of rotatable bonds is 8. The Morgan fingerprint density at radius 2 is 1.79 bits per heavy atom. The first-order chi connectivity index (χ1) is 20.1. The van der Waals surface area contributed by atoms with Gasteiger partial charge in [-0.2, -0.15) is 0 Å². The molecule has 1 aliphatic carbocycles. The van der Waals surface area contributed by atoms with E-state index in [9.17, 15) is 33.1 Å². The summed E-state index contributed by atoms with van der Waals surface area (Å²) in [6.07, 6.45) is 6.16. The molecule has 1 fully saturated rings. The van der Waals surface area contributed by atoms with Crippen molar-refractivity contribution >= 4 is 40.7 Å². The van der Waals surface area contributed by atoms with E-state index in [-0.39, 0.29) is 52.6 Å². The normalized spacial score (nSPS) is 16.6. The Kier molecular flexibility index (Phi) is 8.05. The summed E-state index contributed by atoms with van der Waals surface area (Å²) in [4.78, 5) is 59.6. The number of anilines is 2. The average molecular weight is 576 g/mol. The molecule has 0 bridgehead atoms. The topological polar surface area (TPSA) is 134 Å². The SMILES string of the molecule is CC(=O)N(c1cccc(C(=O)O)c1)c1ncc(F)cc1C(=O)CC1CCC(NC(=O)c2cn3cc(F)ccc3n2)CC1. The van der Waals surface area contributed by atoms with Crippen LogP contribution in [0.3, 0.4) is 0 Å². The van der Waals surface area contributed by atoms with Crippen LogP contribution < -0.4 is 10.2 Å². The van der Waals surface area contributed by atoms with Crippen molar-refractivity contribution in [2.45, 2.75) is 45.1 Å². The number of carboxylic acid groups (broad SMARTS) is 1. The maximum Gasteiger partial charge on any atom is 0.335 e. The summed E-state index contributed by atoms with van der Waals surface area (Å²) >= 11 is 0. The summed E-state index contributed by atoms with van der Waals surface area (Å²) < 4.78 is 29.2. The Labute approximate surface area is 239 Å². The lowest BCUT2D eigenvalue weighted by Crippen LogP contribution is -2.38. The minimum absolute atomic E-state index is 0.0407. The van der Waals surface area contributed by atoms with Gasteiger partial charge in [-0.25, -0.2) is 23.5 Å². The summed E-state index contributed by atoms with van der Waals surface area (Å²) in [6, 6.07) is 9.27. The number of amides is 2. The number of imidazole rings is 1. The monoisotopic (exact) mass is 575 g/mol. The highest BCUT2D eigenvalue weighted by Crippen LogP contribution is 2.33. The van der Waals surface area contributed by atoms with Gasteiger partial charge in [0.05, 0.1) is 23.0 Å². The molecule has 2 N–H and O–H groups in total. The number of benzene rings is 1. The van der Waals surface area contributed by atoms with E-state index < -0.39 is 29.3 Å². The van der Waals surface area contributed by atoms with Crippen molar-refractivity contribution in [1.29, 1.82) is 0 Å². The number of pyridine rings is 2. The third-order valence-electron chi connectivity index (χ3n) is 7.32. The third kappa shape index (κ3) is 6.17. The van der Waals surface area contributed by atoms with E-state index in [1.165, 1.54) is 60.1 Å². The molecule has 0 atom stereocenters. The van der Waals surface area contributed by atoms with Gasteiger partial charge in [-0.1, -0.05) is 6.07 Å². The number of Topliss-reactive ketones (excluding diaryl/α,β-unsaturated/α-hetero) is 1. The number of aromatic carboxylic acids is 1. The number of carbonyl (C=O) groups is 4. The van der Waals surface area contributed by atoms with E-state index >= 15 is 0 Å². The molecule has 10 nitrogen and oxygen atoms in total. The fourth-order valence-electron chi connectivity index (χ4n) is 5.26. The molecule has 1 aliphatic rings. The Bertz CT molecular complexity index is 1700. The van der Waals surface area contributed by atoms with Crippen LogP contribution in [0.2, 0.25) is 0 Å². The van der Waals surface area contributed by atoms with E-state index in [1.54, 1.807) is 0 Å². The Hall–Kier alpha value is -5.00. The van der Waals surface area contributed by atoms with Crippen LogP contribution in [0.15, 0.2) is 61.1 Å². The second kappa shape index (κ2) is 11.9. The molecule has 3 heterocycles. The van der Waals surface area contributed by atoms with Crippen molar-refractivity contribution < 1.29 is 33.1 Å². The number of halogens is 2. The van der Waals surface area contributed by atoms with Gasteiger partial charge in [0.15, 0.2) is 11.6 Å². The van der Waals surface area contributed by atoms with Crippen molar-refractivity contribution in [1.82, 2.24) is 19.7 Å². The minimum atomic E-state index is -1.19. The molecular weight excluding hydrogens is 548 g/mol. The molecule has 0 unspecified atom stereocenters. The average Bonchev–Trinajstić information content (AvgIpc) is 3.38. The van der Waals surface area contributed by atoms with Gasteiger partial charge in [0.2, 0.25) is 5.91 Å². The van der Waals surface area contributed by atoms with Crippen LogP contribution in [0.4, 0.5) is 20.3 Å². The Morgan fingerprint density at radius 3 is 2.50 bits per heavy atom. The first-order valence-electron chi connectivity index (χ1n) is 13.4. The third-order valence-corrected chi connectivity index (χ3v) is 7.32. The molecule has 0 spiro atoms. The number of hydrogen-bond acceptors (Lipinski definition) is 6. The molecule has 216 valence electrons. The van der Waals surface area contributed by atoms with E-state index in [1.807, 2.05) is 0 Å². The number of nitrogens with one attached hydrogen (secondary N) is 1. The Balaban J connectivity index is 1.26. The van der Waals surface area contributed by atoms with Crippen molar-refractivity contribution in [3.63, 3.8) is 0 Å². The predicted molar refractivity (Wildman–Crippen MR) is 148 cm³/mol. The van der Waals surface area contributed by atoms with Crippen molar-refractivity contribution in [2.75, 3.05) is 4.90 Å². The number of nitrogens with zero attached hydrogens (tertiary/aromatic N) is 4. The highest BCUT2D eigenvalue weighted by molar-refractivity contribution is 6.07. The van der Waals surface area contributed by atoms with Gasteiger partial charge in [0, 0.05) is 31.8 Å². The molecule has 5 rings (SSSR count). The summed E-state index contributed by atoms with van der Waals surface area (Å²) in [5.74, 6) is -3.80. The highest BCUT2D eigenvalue weighted by Gasteiger charge is 2.29. The summed E-state index contributed by atoms with van der Waals surface area (Å²) in [7, 11) is 0. The number of fused-ring (bicyclic) bond motifs is 1. The lowest BCUT2D eigenvalue weighted by atomic mass is 9.82. The number of aromatic nitrogens is 3. The Morgan fingerprint density at radius 1 is 1.02 bits per heavy atom. The van der Waals surface area contributed by atoms with Gasteiger partial charge < -0.3 is 14.8 Å². The quantitative estimate of drug-likeness (QED) is 0.284. The smallest absolute Gasteiger partial charge is 0.335 e. The predicted octanol–water partition coefficient (Wildman–Crippen LogP) is 4.95. The molecule has 2 amide bonds. The molecule has 1 aromatic carbocycles. The molecule has 0 aliphatic heterocycles. The van der Waals surface area contributed by atoms with E-state index in [0.717, 1.165) is 17.2 Å². The molecule has 0 radical (unpaired) electrons. The number of carboxylic acids is 1. The van der Waals surface area contributed by atoms with Crippen LogP contribution in [0, 0.1) is 17.6 Å². The summed E-state index contributed by atoms with van der Waals surface area (Å²) in [5, 5.41) is 12.3. The number of hydrogen-bond donors (Lipinski definition) is 2. The lowest BCUT2D eigenvalue weighted by Gasteiger charge is -2.29. The maximum absolute atomic E-state index is 14.3. The van der Waals surface area contributed by atoms with Gasteiger partial charge in [-0.05, 0) is 68.0 Å². The first kappa shape index (κ1) is 28.5. The molecular formula is C30H27F2N5O5. The number of carbonyl (C=O) groups excluding carboxylic acids is 3.